The maximum Gasteiger partial charge on any atom is 0.256 e. The van der Waals surface area contributed by atoms with Crippen LogP contribution in [-0.4, -0.2) is 27.3 Å². The number of benzene rings is 1. The maximum atomic E-state index is 13.9. The van der Waals surface area contributed by atoms with E-state index in [9.17, 15) is 9.18 Å². The Labute approximate surface area is 156 Å². The van der Waals surface area contributed by atoms with Crippen molar-refractivity contribution in [1.29, 1.82) is 0 Å². The summed E-state index contributed by atoms with van der Waals surface area (Å²) < 4.78 is 19.8. The van der Waals surface area contributed by atoms with Crippen LogP contribution >= 0.6 is 0 Å². The molecule has 3 aromatic rings. The van der Waals surface area contributed by atoms with Crippen molar-refractivity contribution in [3.05, 3.63) is 83.6 Å². The van der Waals surface area contributed by atoms with Crippen molar-refractivity contribution < 1.29 is 13.6 Å². The van der Waals surface area contributed by atoms with Crippen molar-refractivity contribution in [2.24, 2.45) is 0 Å². The van der Waals surface area contributed by atoms with Gasteiger partial charge in [0.25, 0.3) is 5.91 Å². The molecular weight excluding hydrogens is 345 g/mol. The lowest BCUT2D eigenvalue weighted by molar-refractivity contribution is 0.0569. The number of piperidine rings is 1. The molecule has 0 saturated carbocycles. The first-order chi connectivity index (χ1) is 13.2. The van der Waals surface area contributed by atoms with Gasteiger partial charge in [0.15, 0.2) is 0 Å². The largest absolute Gasteiger partial charge is 0.443 e. The number of carbonyl (C=O) groups is 1. The van der Waals surface area contributed by atoms with E-state index >= 15 is 0 Å². The molecule has 1 fully saturated rings. The van der Waals surface area contributed by atoms with Crippen molar-refractivity contribution in [3.63, 3.8) is 0 Å². The molecule has 0 spiro atoms. The maximum absolute atomic E-state index is 13.9. The summed E-state index contributed by atoms with van der Waals surface area (Å²) in [7, 11) is 0. The van der Waals surface area contributed by atoms with Crippen molar-refractivity contribution in [2.45, 2.75) is 31.7 Å². The molecule has 3 heterocycles. The second-order valence-electron chi connectivity index (χ2n) is 6.68. The second kappa shape index (κ2) is 7.70. The van der Waals surface area contributed by atoms with E-state index < -0.39 is 0 Å². The highest BCUT2D eigenvalue weighted by Crippen LogP contribution is 2.32. The van der Waals surface area contributed by atoms with E-state index in [1.165, 1.54) is 6.07 Å². The minimum absolute atomic E-state index is 0.0679. The molecular formula is C21H20FN3O2. The normalized spacial score (nSPS) is 17.1. The van der Waals surface area contributed by atoms with E-state index in [0.29, 0.717) is 35.7 Å². The third-order valence-electron chi connectivity index (χ3n) is 4.85. The molecule has 1 aliphatic heterocycles. The smallest absolute Gasteiger partial charge is 0.256 e. The summed E-state index contributed by atoms with van der Waals surface area (Å²) in [5.41, 5.74) is 1.12. The van der Waals surface area contributed by atoms with Gasteiger partial charge in [0, 0.05) is 25.4 Å². The van der Waals surface area contributed by atoms with Gasteiger partial charge in [-0.15, -0.1) is 0 Å². The quantitative estimate of drug-likeness (QED) is 0.696. The number of hydrogen-bond acceptors (Lipinski definition) is 4. The monoisotopic (exact) mass is 365 g/mol. The van der Waals surface area contributed by atoms with E-state index in [0.717, 1.165) is 19.3 Å². The fourth-order valence-corrected chi connectivity index (χ4v) is 3.47. The molecule has 138 valence electrons. The van der Waals surface area contributed by atoms with Gasteiger partial charge < -0.3 is 9.32 Å². The van der Waals surface area contributed by atoms with Crippen molar-refractivity contribution in [3.8, 4) is 0 Å². The SMILES string of the molecule is O=C(c1cccnc1)N1CCCC[C@H]1c1ncc(Cc2ccccc2F)o1. The average Bonchev–Trinajstić information content (AvgIpc) is 3.18. The number of oxazole rings is 1. The summed E-state index contributed by atoms with van der Waals surface area (Å²) in [4.78, 5) is 23.1. The van der Waals surface area contributed by atoms with Gasteiger partial charge in [-0.1, -0.05) is 18.2 Å². The molecule has 2 aromatic heterocycles. The van der Waals surface area contributed by atoms with Gasteiger partial charge in [-0.25, -0.2) is 9.37 Å². The van der Waals surface area contributed by atoms with E-state index in [1.54, 1.807) is 53.8 Å². The van der Waals surface area contributed by atoms with Crippen LogP contribution < -0.4 is 0 Å². The molecule has 1 amide bonds. The van der Waals surface area contributed by atoms with Gasteiger partial charge in [-0.3, -0.25) is 9.78 Å². The number of amides is 1. The summed E-state index contributed by atoms with van der Waals surface area (Å²) >= 11 is 0. The van der Waals surface area contributed by atoms with Gasteiger partial charge in [-0.2, -0.15) is 0 Å². The highest BCUT2D eigenvalue weighted by atomic mass is 19.1. The summed E-state index contributed by atoms with van der Waals surface area (Å²) in [6, 6.07) is 9.93. The van der Waals surface area contributed by atoms with Crippen LogP contribution in [0.2, 0.25) is 0 Å². The second-order valence-corrected chi connectivity index (χ2v) is 6.68. The molecule has 1 saturated heterocycles. The lowest BCUT2D eigenvalue weighted by atomic mass is 10.0. The van der Waals surface area contributed by atoms with Crippen LogP contribution in [0, 0.1) is 5.82 Å². The Morgan fingerprint density at radius 2 is 2.07 bits per heavy atom. The Morgan fingerprint density at radius 1 is 1.19 bits per heavy atom. The first-order valence-corrected chi connectivity index (χ1v) is 9.11. The van der Waals surface area contributed by atoms with Crippen LogP contribution in [0.3, 0.4) is 0 Å². The number of nitrogens with zero attached hydrogens (tertiary/aromatic N) is 3. The lowest BCUT2D eigenvalue weighted by Gasteiger charge is -2.33. The zero-order valence-corrected chi connectivity index (χ0v) is 14.8. The predicted octanol–water partition coefficient (Wildman–Crippen LogP) is 4.17. The Kier molecular flexibility index (Phi) is 4.96. The topological polar surface area (TPSA) is 59.2 Å². The van der Waals surface area contributed by atoms with Crippen LogP contribution in [0.25, 0.3) is 0 Å². The number of aromatic nitrogens is 2. The molecule has 1 aliphatic rings. The van der Waals surface area contributed by atoms with Crippen LogP contribution in [0.15, 0.2) is 59.4 Å². The van der Waals surface area contributed by atoms with Gasteiger partial charge >= 0.3 is 0 Å². The Hall–Kier alpha value is -3.02. The Balaban J connectivity index is 1.55. The molecule has 6 heteroatoms. The summed E-state index contributed by atoms with van der Waals surface area (Å²) in [6.45, 7) is 0.656. The molecule has 0 aliphatic carbocycles. The Morgan fingerprint density at radius 3 is 2.89 bits per heavy atom. The van der Waals surface area contributed by atoms with Crippen molar-refractivity contribution in [2.75, 3.05) is 6.54 Å². The molecule has 0 unspecified atom stereocenters. The standard InChI is InChI=1S/C21H20FN3O2/c22-18-8-2-1-6-15(18)12-17-14-24-20(27-17)19-9-3-4-11-25(19)21(26)16-7-5-10-23-13-16/h1-2,5-8,10,13-14,19H,3-4,9,11-12H2/t19-/m0/s1. The minimum Gasteiger partial charge on any atom is -0.443 e. The predicted molar refractivity (Wildman–Crippen MR) is 97.6 cm³/mol. The van der Waals surface area contributed by atoms with Gasteiger partial charge in [-0.05, 0) is 43.0 Å². The first kappa shape index (κ1) is 17.4. The minimum atomic E-state index is -0.263. The number of rotatable bonds is 4. The summed E-state index contributed by atoms with van der Waals surface area (Å²) in [6.07, 6.45) is 7.94. The van der Waals surface area contributed by atoms with Crippen molar-refractivity contribution >= 4 is 5.91 Å². The van der Waals surface area contributed by atoms with Crippen LogP contribution in [0.1, 0.15) is 52.9 Å². The van der Waals surface area contributed by atoms with E-state index in [1.807, 2.05) is 0 Å². The fourth-order valence-electron chi connectivity index (χ4n) is 3.47. The third-order valence-corrected chi connectivity index (χ3v) is 4.85. The molecule has 0 radical (unpaired) electrons. The summed E-state index contributed by atoms with van der Waals surface area (Å²) in [5.74, 6) is 0.774. The van der Waals surface area contributed by atoms with Crippen LogP contribution in [-0.2, 0) is 6.42 Å². The van der Waals surface area contributed by atoms with Crippen molar-refractivity contribution in [1.82, 2.24) is 14.9 Å². The van der Waals surface area contributed by atoms with Crippen LogP contribution in [0.4, 0.5) is 4.39 Å². The molecule has 27 heavy (non-hydrogen) atoms. The van der Waals surface area contributed by atoms with Gasteiger partial charge in [0.05, 0.1) is 11.8 Å². The number of halogens is 1. The molecule has 0 N–H and O–H groups in total. The van der Waals surface area contributed by atoms with Gasteiger partial charge in [0.1, 0.15) is 17.6 Å². The van der Waals surface area contributed by atoms with Crippen LogP contribution in [0.5, 0.6) is 0 Å². The number of likely N-dealkylation sites (tertiary alicyclic amines) is 1. The highest BCUT2D eigenvalue weighted by Gasteiger charge is 2.32. The third kappa shape index (κ3) is 3.74. The molecule has 0 bridgehead atoms. The molecule has 1 atom stereocenters. The zero-order valence-electron chi connectivity index (χ0n) is 14.8. The van der Waals surface area contributed by atoms with Gasteiger partial charge in [0.2, 0.25) is 5.89 Å². The lowest BCUT2D eigenvalue weighted by Crippen LogP contribution is -2.38. The first-order valence-electron chi connectivity index (χ1n) is 9.11. The summed E-state index contributed by atoms with van der Waals surface area (Å²) in [5, 5.41) is 0. The highest BCUT2D eigenvalue weighted by molar-refractivity contribution is 5.94. The average molecular weight is 365 g/mol. The Bertz CT molecular complexity index is 926. The molecule has 4 rings (SSSR count). The molecule has 1 aromatic carbocycles. The zero-order chi connectivity index (χ0) is 18.6. The number of pyridine rings is 1. The van der Waals surface area contributed by atoms with E-state index in [2.05, 4.69) is 9.97 Å². The number of hydrogen-bond donors (Lipinski definition) is 0. The molecule has 5 nitrogen and oxygen atoms in total. The van der Waals surface area contributed by atoms with E-state index in [4.69, 9.17) is 4.42 Å². The fraction of sp³-hybridized carbons (Fsp3) is 0.286. The number of carbonyl (C=O) groups excluding carboxylic acids is 1. The van der Waals surface area contributed by atoms with E-state index in [-0.39, 0.29) is 17.8 Å².